The Morgan fingerprint density at radius 1 is 0.840 bits per heavy atom. The van der Waals surface area contributed by atoms with Crippen LogP contribution in [0.5, 0.6) is 5.75 Å². The van der Waals surface area contributed by atoms with Crippen molar-refractivity contribution < 1.29 is 9.53 Å². The molecule has 0 saturated heterocycles. The van der Waals surface area contributed by atoms with Crippen LogP contribution < -0.4 is 10.1 Å². The smallest absolute Gasteiger partial charge is 0.261 e. The average Bonchev–Trinajstić information content (AvgIpc) is 2.49. The van der Waals surface area contributed by atoms with Gasteiger partial charge in [-0.15, -0.1) is 0 Å². The molecule has 25 heavy (non-hydrogen) atoms. The van der Waals surface area contributed by atoms with Crippen molar-refractivity contribution in [1.29, 1.82) is 0 Å². The van der Waals surface area contributed by atoms with Gasteiger partial charge in [0.2, 0.25) is 0 Å². The minimum Gasteiger partial charge on any atom is -0.481 e. The second-order valence-corrected chi connectivity index (χ2v) is 7.11. The van der Waals surface area contributed by atoms with Gasteiger partial charge in [-0.05, 0) is 94.0 Å². The molecule has 134 valence electrons. The lowest BCUT2D eigenvalue weighted by molar-refractivity contribution is -0.127. The van der Waals surface area contributed by atoms with Crippen LogP contribution in [0.15, 0.2) is 30.3 Å². The van der Waals surface area contributed by atoms with Crippen LogP contribution in [0.3, 0.4) is 0 Å². The van der Waals surface area contributed by atoms with E-state index in [9.17, 15) is 4.79 Å². The van der Waals surface area contributed by atoms with Crippen LogP contribution >= 0.6 is 0 Å². The molecule has 1 N–H and O–H groups in total. The number of benzene rings is 2. The average molecular weight is 339 g/mol. The van der Waals surface area contributed by atoms with Crippen LogP contribution in [-0.2, 0) is 4.79 Å². The maximum atomic E-state index is 12.5. The molecule has 0 radical (unpaired) electrons. The number of hydrogen-bond acceptors (Lipinski definition) is 2. The summed E-state index contributed by atoms with van der Waals surface area (Å²) in [5, 5.41) is 3.07. The van der Waals surface area contributed by atoms with E-state index >= 15 is 0 Å². The fraction of sp³-hybridized carbons (Fsp3) is 0.409. The fourth-order valence-electron chi connectivity index (χ4n) is 3.12. The molecule has 0 aromatic heterocycles. The Balaban J connectivity index is 2.06. The second kappa shape index (κ2) is 7.73. The quantitative estimate of drug-likeness (QED) is 0.843. The normalized spacial score (nSPS) is 13.2. The van der Waals surface area contributed by atoms with Crippen molar-refractivity contribution in [2.75, 3.05) is 0 Å². The minimum absolute atomic E-state index is 0.0582. The highest BCUT2D eigenvalue weighted by Crippen LogP contribution is 2.22. The molecule has 3 nitrogen and oxygen atoms in total. The first-order valence-corrected chi connectivity index (χ1v) is 8.80. The standard InChI is InChI=1S/C22H29NO2/c1-13-8-14(2)10-20(9-13)25-19(7)22(24)23-18(6)21-12-16(4)15(3)11-17(21)5/h8-12,18-19H,1-7H3,(H,23,24)/t18-,19+/m0/s1. The van der Waals surface area contributed by atoms with E-state index in [2.05, 4.69) is 44.3 Å². The summed E-state index contributed by atoms with van der Waals surface area (Å²) in [7, 11) is 0. The summed E-state index contributed by atoms with van der Waals surface area (Å²) in [6.07, 6.45) is -0.546. The number of aryl methyl sites for hydroxylation is 5. The van der Waals surface area contributed by atoms with Crippen LogP contribution in [0.4, 0.5) is 0 Å². The Labute approximate surface area is 151 Å². The summed E-state index contributed by atoms with van der Waals surface area (Å²) in [4.78, 5) is 12.5. The summed E-state index contributed by atoms with van der Waals surface area (Å²) in [5.74, 6) is 0.624. The van der Waals surface area contributed by atoms with Gasteiger partial charge in [-0.25, -0.2) is 0 Å². The highest BCUT2D eigenvalue weighted by Gasteiger charge is 2.19. The van der Waals surface area contributed by atoms with Crippen molar-refractivity contribution in [3.05, 3.63) is 63.7 Å². The summed E-state index contributed by atoms with van der Waals surface area (Å²) in [5.41, 5.74) is 7.10. The lowest BCUT2D eigenvalue weighted by Crippen LogP contribution is -2.38. The molecule has 0 spiro atoms. The fourth-order valence-corrected chi connectivity index (χ4v) is 3.12. The Bertz CT molecular complexity index is 760. The van der Waals surface area contributed by atoms with E-state index in [1.165, 1.54) is 16.7 Å². The van der Waals surface area contributed by atoms with Crippen LogP contribution in [0.25, 0.3) is 0 Å². The maximum absolute atomic E-state index is 12.5. The van der Waals surface area contributed by atoms with Gasteiger partial charge < -0.3 is 10.1 Å². The van der Waals surface area contributed by atoms with Crippen LogP contribution in [0.1, 0.15) is 53.3 Å². The van der Waals surface area contributed by atoms with Gasteiger partial charge in [0.1, 0.15) is 5.75 Å². The Morgan fingerprint density at radius 2 is 1.40 bits per heavy atom. The molecule has 2 atom stereocenters. The van der Waals surface area contributed by atoms with E-state index in [1.807, 2.05) is 32.9 Å². The van der Waals surface area contributed by atoms with E-state index in [0.29, 0.717) is 0 Å². The Kier molecular flexibility index (Phi) is 5.89. The topological polar surface area (TPSA) is 38.3 Å². The molecular weight excluding hydrogens is 310 g/mol. The van der Waals surface area contributed by atoms with Crippen LogP contribution in [-0.4, -0.2) is 12.0 Å². The Morgan fingerprint density at radius 3 is 2.00 bits per heavy atom. The van der Waals surface area contributed by atoms with Crippen LogP contribution in [0, 0.1) is 34.6 Å². The number of nitrogens with one attached hydrogen (secondary N) is 1. The Hall–Kier alpha value is -2.29. The molecule has 1 amide bonds. The molecule has 0 saturated carbocycles. The zero-order valence-corrected chi connectivity index (χ0v) is 16.4. The van der Waals surface area contributed by atoms with E-state index in [0.717, 1.165) is 22.4 Å². The van der Waals surface area contributed by atoms with Gasteiger partial charge in [0.05, 0.1) is 6.04 Å². The number of rotatable bonds is 5. The SMILES string of the molecule is Cc1cc(C)cc(O[C@H](C)C(=O)N[C@@H](C)c2cc(C)c(C)cc2C)c1. The van der Waals surface area contributed by atoms with Crippen molar-refractivity contribution in [2.24, 2.45) is 0 Å². The van der Waals surface area contributed by atoms with E-state index in [-0.39, 0.29) is 11.9 Å². The number of hydrogen-bond donors (Lipinski definition) is 1. The van der Waals surface area contributed by atoms with Gasteiger partial charge in [0.15, 0.2) is 6.10 Å². The zero-order valence-electron chi connectivity index (χ0n) is 16.4. The zero-order chi connectivity index (χ0) is 18.7. The van der Waals surface area contributed by atoms with Gasteiger partial charge in [-0.3, -0.25) is 4.79 Å². The lowest BCUT2D eigenvalue weighted by atomic mass is 9.96. The van der Waals surface area contributed by atoms with E-state index in [1.54, 1.807) is 6.92 Å². The summed E-state index contributed by atoms with van der Waals surface area (Å²) < 4.78 is 5.84. The summed E-state index contributed by atoms with van der Waals surface area (Å²) in [6, 6.07) is 10.3. The first kappa shape index (κ1) is 19.0. The van der Waals surface area contributed by atoms with Gasteiger partial charge in [-0.1, -0.05) is 18.2 Å². The van der Waals surface area contributed by atoms with Gasteiger partial charge in [0, 0.05) is 0 Å². The number of carbonyl (C=O) groups excluding carboxylic acids is 1. The van der Waals surface area contributed by atoms with Gasteiger partial charge in [0.25, 0.3) is 5.91 Å². The summed E-state index contributed by atoms with van der Waals surface area (Å²) >= 11 is 0. The molecule has 0 heterocycles. The van der Waals surface area contributed by atoms with Gasteiger partial charge in [-0.2, -0.15) is 0 Å². The second-order valence-electron chi connectivity index (χ2n) is 7.11. The number of ether oxygens (including phenoxy) is 1. The molecule has 0 aliphatic rings. The predicted octanol–water partition coefficient (Wildman–Crippen LogP) is 4.87. The highest BCUT2D eigenvalue weighted by atomic mass is 16.5. The third kappa shape index (κ3) is 4.85. The van der Waals surface area contributed by atoms with Crippen LogP contribution in [0.2, 0.25) is 0 Å². The lowest BCUT2D eigenvalue weighted by Gasteiger charge is -2.21. The first-order chi connectivity index (χ1) is 11.7. The van der Waals surface area contributed by atoms with Gasteiger partial charge >= 0.3 is 0 Å². The molecule has 3 heteroatoms. The first-order valence-electron chi connectivity index (χ1n) is 8.80. The molecule has 0 bridgehead atoms. The monoisotopic (exact) mass is 339 g/mol. The molecular formula is C22H29NO2. The third-order valence-corrected chi connectivity index (χ3v) is 4.58. The molecule has 0 aliphatic heterocycles. The number of amides is 1. The number of carbonyl (C=O) groups is 1. The van der Waals surface area contributed by atoms with Crippen molar-refractivity contribution in [3.63, 3.8) is 0 Å². The maximum Gasteiger partial charge on any atom is 0.261 e. The van der Waals surface area contributed by atoms with E-state index in [4.69, 9.17) is 4.74 Å². The van der Waals surface area contributed by atoms with Crippen molar-refractivity contribution in [3.8, 4) is 5.75 Å². The molecule has 0 unspecified atom stereocenters. The third-order valence-electron chi connectivity index (χ3n) is 4.58. The minimum atomic E-state index is -0.546. The highest BCUT2D eigenvalue weighted by molar-refractivity contribution is 5.81. The van der Waals surface area contributed by atoms with Crippen molar-refractivity contribution >= 4 is 5.91 Å². The van der Waals surface area contributed by atoms with Crippen molar-refractivity contribution in [1.82, 2.24) is 5.32 Å². The van der Waals surface area contributed by atoms with Crippen molar-refractivity contribution in [2.45, 2.75) is 60.6 Å². The molecule has 2 rings (SSSR count). The molecule has 0 aliphatic carbocycles. The summed E-state index contributed by atoms with van der Waals surface area (Å²) in [6.45, 7) is 14.1. The predicted molar refractivity (Wildman–Crippen MR) is 103 cm³/mol. The molecule has 2 aromatic carbocycles. The largest absolute Gasteiger partial charge is 0.481 e. The van der Waals surface area contributed by atoms with E-state index < -0.39 is 6.10 Å². The molecule has 2 aromatic rings. The molecule has 0 fully saturated rings.